The van der Waals surface area contributed by atoms with Crippen LogP contribution >= 0.6 is 0 Å². The zero-order valence-corrected chi connectivity index (χ0v) is 16.4. The van der Waals surface area contributed by atoms with Crippen LogP contribution in [0, 0.1) is 12.8 Å². The Bertz CT molecular complexity index is 781. The summed E-state index contributed by atoms with van der Waals surface area (Å²) in [6.45, 7) is 5.09. The fourth-order valence-electron chi connectivity index (χ4n) is 4.17. The summed E-state index contributed by atoms with van der Waals surface area (Å²) in [6, 6.07) is 0.308. The van der Waals surface area contributed by atoms with Crippen LogP contribution in [0.15, 0.2) is 12.4 Å². The second kappa shape index (κ2) is 7.94. The number of nitrogens with one attached hydrogen (secondary N) is 1. The van der Waals surface area contributed by atoms with Crippen molar-refractivity contribution in [1.29, 1.82) is 0 Å². The molecule has 4 rings (SSSR count). The molecule has 2 aromatic heterocycles. The summed E-state index contributed by atoms with van der Waals surface area (Å²) < 4.78 is 1.92. The average molecular weight is 371 g/mol. The number of hydrogen-bond donors (Lipinski definition) is 2. The Morgan fingerprint density at radius 2 is 2.04 bits per heavy atom. The molecule has 146 valence electrons. The predicted molar refractivity (Wildman–Crippen MR) is 105 cm³/mol. The van der Waals surface area contributed by atoms with Crippen LogP contribution in [0.3, 0.4) is 0 Å². The maximum Gasteiger partial charge on any atom is 0.225 e. The number of aromatic nitrogens is 4. The maximum atomic E-state index is 9.32. The van der Waals surface area contributed by atoms with Gasteiger partial charge in [-0.2, -0.15) is 5.10 Å². The number of fused-ring (bicyclic) bond motifs is 1. The van der Waals surface area contributed by atoms with Gasteiger partial charge in [0.2, 0.25) is 5.95 Å². The van der Waals surface area contributed by atoms with E-state index in [9.17, 15) is 5.11 Å². The van der Waals surface area contributed by atoms with Gasteiger partial charge in [-0.05, 0) is 44.9 Å². The van der Waals surface area contributed by atoms with Crippen molar-refractivity contribution in [2.45, 2.75) is 51.6 Å². The monoisotopic (exact) mass is 370 g/mol. The molecular weight excluding hydrogens is 340 g/mol. The van der Waals surface area contributed by atoms with Crippen LogP contribution in [0.5, 0.6) is 0 Å². The molecule has 7 nitrogen and oxygen atoms in total. The topological polar surface area (TPSA) is 79.1 Å². The Labute approximate surface area is 160 Å². The molecule has 0 spiro atoms. The Hall–Kier alpha value is -1.99. The molecule has 0 radical (unpaired) electrons. The highest BCUT2D eigenvalue weighted by Gasteiger charge is 2.25. The molecule has 2 N–H and O–H groups in total. The van der Waals surface area contributed by atoms with Crippen molar-refractivity contribution in [3.05, 3.63) is 34.9 Å². The molecule has 7 heteroatoms. The molecule has 2 aliphatic rings. The number of aliphatic hydroxyl groups is 1. The fraction of sp³-hybridized carbons (Fsp3) is 0.650. The van der Waals surface area contributed by atoms with Crippen molar-refractivity contribution in [3.8, 4) is 0 Å². The second-order valence-corrected chi connectivity index (χ2v) is 7.89. The van der Waals surface area contributed by atoms with Gasteiger partial charge in [-0.1, -0.05) is 0 Å². The number of aliphatic hydroxyl groups excluding tert-OH is 1. The van der Waals surface area contributed by atoms with Gasteiger partial charge in [0.15, 0.2) is 0 Å². The van der Waals surface area contributed by atoms with E-state index in [1.165, 1.54) is 22.5 Å². The van der Waals surface area contributed by atoms with Crippen LogP contribution in [0.4, 0.5) is 5.95 Å². The molecule has 27 heavy (non-hydrogen) atoms. The lowest BCUT2D eigenvalue weighted by Crippen LogP contribution is -2.36. The highest BCUT2D eigenvalue weighted by Crippen LogP contribution is 2.30. The van der Waals surface area contributed by atoms with Gasteiger partial charge in [0.1, 0.15) is 0 Å². The van der Waals surface area contributed by atoms with Crippen molar-refractivity contribution in [2.75, 3.05) is 24.6 Å². The molecule has 0 unspecified atom stereocenters. The normalized spacial score (nSPS) is 20.7. The molecule has 0 aromatic carbocycles. The van der Waals surface area contributed by atoms with E-state index in [4.69, 9.17) is 4.98 Å². The van der Waals surface area contributed by atoms with Gasteiger partial charge in [-0.25, -0.2) is 9.97 Å². The van der Waals surface area contributed by atoms with Crippen LogP contribution in [0.25, 0.3) is 0 Å². The maximum absolute atomic E-state index is 9.32. The molecule has 1 aliphatic heterocycles. The first-order chi connectivity index (χ1) is 13.2. The molecule has 1 atom stereocenters. The van der Waals surface area contributed by atoms with E-state index < -0.39 is 0 Å². The van der Waals surface area contributed by atoms with Gasteiger partial charge in [0.05, 0.1) is 11.9 Å². The van der Waals surface area contributed by atoms with E-state index >= 15 is 0 Å². The van der Waals surface area contributed by atoms with E-state index in [1.807, 2.05) is 24.1 Å². The molecular formula is C20H30N6O. The quantitative estimate of drug-likeness (QED) is 0.837. The van der Waals surface area contributed by atoms with E-state index in [0.29, 0.717) is 18.6 Å². The van der Waals surface area contributed by atoms with Crippen molar-refractivity contribution >= 4 is 5.95 Å². The lowest BCUT2D eigenvalue weighted by atomic mass is 9.92. The van der Waals surface area contributed by atoms with Crippen LogP contribution in [0.2, 0.25) is 0 Å². The summed E-state index contributed by atoms with van der Waals surface area (Å²) in [7, 11) is 1.98. The molecule has 2 aromatic rings. The first-order valence-electron chi connectivity index (χ1n) is 10.1. The molecule has 1 aliphatic carbocycles. The highest BCUT2D eigenvalue weighted by atomic mass is 16.3. The SMILES string of the molecule is Cc1c(CN[C@@H]2CCCc3nc(N4CCC(CO)CC4)ncc32)cnn1C. The summed E-state index contributed by atoms with van der Waals surface area (Å²) in [5.41, 5.74) is 4.89. The summed E-state index contributed by atoms with van der Waals surface area (Å²) >= 11 is 0. The smallest absolute Gasteiger partial charge is 0.225 e. The van der Waals surface area contributed by atoms with Crippen molar-refractivity contribution in [1.82, 2.24) is 25.1 Å². The first kappa shape index (κ1) is 18.4. The van der Waals surface area contributed by atoms with E-state index in [2.05, 4.69) is 27.2 Å². The summed E-state index contributed by atoms with van der Waals surface area (Å²) in [5.74, 6) is 1.29. The third kappa shape index (κ3) is 3.84. The second-order valence-electron chi connectivity index (χ2n) is 7.89. The van der Waals surface area contributed by atoms with Gasteiger partial charge in [-0.15, -0.1) is 0 Å². The number of aryl methyl sites for hydroxylation is 2. The van der Waals surface area contributed by atoms with Crippen LogP contribution in [-0.4, -0.2) is 44.6 Å². The average Bonchev–Trinajstić information content (AvgIpc) is 3.04. The minimum Gasteiger partial charge on any atom is -0.396 e. The predicted octanol–water partition coefficient (Wildman–Crippen LogP) is 1.89. The standard InChI is InChI=1S/C20H30N6O/c1-14-16(11-23-25(14)2)10-21-18-4-3-5-19-17(18)12-22-20(24-19)26-8-6-15(13-27)7-9-26/h11-12,15,18,21,27H,3-10,13H2,1-2H3/t18-/m1/s1. The highest BCUT2D eigenvalue weighted by molar-refractivity contribution is 5.36. The molecule has 0 saturated carbocycles. The minimum absolute atomic E-state index is 0.294. The van der Waals surface area contributed by atoms with Gasteiger partial charge in [-0.3, -0.25) is 4.68 Å². The molecule has 0 amide bonds. The fourth-order valence-corrected chi connectivity index (χ4v) is 4.17. The van der Waals surface area contributed by atoms with E-state index in [1.54, 1.807) is 0 Å². The van der Waals surface area contributed by atoms with Crippen LogP contribution in [0.1, 0.15) is 54.2 Å². The Morgan fingerprint density at radius 1 is 1.22 bits per heavy atom. The third-order valence-corrected chi connectivity index (χ3v) is 6.20. The van der Waals surface area contributed by atoms with Crippen LogP contribution in [-0.2, 0) is 20.0 Å². The van der Waals surface area contributed by atoms with Gasteiger partial charge in [0.25, 0.3) is 0 Å². The van der Waals surface area contributed by atoms with Crippen molar-refractivity contribution in [3.63, 3.8) is 0 Å². The van der Waals surface area contributed by atoms with Crippen molar-refractivity contribution < 1.29 is 5.11 Å². The molecule has 1 fully saturated rings. The van der Waals surface area contributed by atoms with Gasteiger partial charge >= 0.3 is 0 Å². The zero-order chi connectivity index (χ0) is 18.8. The Morgan fingerprint density at radius 3 is 2.74 bits per heavy atom. The molecule has 1 saturated heterocycles. The largest absolute Gasteiger partial charge is 0.396 e. The number of nitrogens with zero attached hydrogens (tertiary/aromatic N) is 5. The Balaban J connectivity index is 1.44. The lowest BCUT2D eigenvalue weighted by molar-refractivity contribution is 0.202. The number of piperidine rings is 1. The van der Waals surface area contributed by atoms with Gasteiger partial charge < -0.3 is 15.3 Å². The zero-order valence-electron chi connectivity index (χ0n) is 16.4. The summed E-state index contributed by atoms with van der Waals surface area (Å²) in [5, 5.41) is 17.3. The summed E-state index contributed by atoms with van der Waals surface area (Å²) in [6.07, 6.45) is 9.32. The number of hydrogen-bond acceptors (Lipinski definition) is 6. The third-order valence-electron chi connectivity index (χ3n) is 6.20. The number of anilines is 1. The van der Waals surface area contributed by atoms with E-state index in [0.717, 1.165) is 57.7 Å². The van der Waals surface area contributed by atoms with E-state index in [-0.39, 0.29) is 0 Å². The Kier molecular flexibility index (Phi) is 5.41. The first-order valence-corrected chi connectivity index (χ1v) is 10.1. The van der Waals surface area contributed by atoms with Gasteiger partial charge in [0, 0.05) is 62.3 Å². The molecule has 0 bridgehead atoms. The van der Waals surface area contributed by atoms with Crippen molar-refractivity contribution in [2.24, 2.45) is 13.0 Å². The molecule has 3 heterocycles. The summed E-state index contributed by atoms with van der Waals surface area (Å²) in [4.78, 5) is 11.9. The number of rotatable bonds is 5. The lowest BCUT2D eigenvalue weighted by Gasteiger charge is -2.32. The van der Waals surface area contributed by atoms with Crippen LogP contribution < -0.4 is 10.2 Å². The minimum atomic E-state index is 0.294.